The van der Waals surface area contributed by atoms with Crippen LogP contribution in [0.4, 0.5) is 5.82 Å². The van der Waals surface area contributed by atoms with Crippen LogP contribution in [0.5, 0.6) is 0 Å². The molecule has 4 heteroatoms. The van der Waals surface area contributed by atoms with E-state index in [4.69, 9.17) is 0 Å². The van der Waals surface area contributed by atoms with Crippen molar-refractivity contribution < 1.29 is 4.79 Å². The van der Waals surface area contributed by atoms with Crippen LogP contribution < -0.4 is 5.32 Å². The van der Waals surface area contributed by atoms with Crippen LogP contribution in [0.2, 0.25) is 0 Å². The first kappa shape index (κ1) is 14.6. The first-order valence-electron chi connectivity index (χ1n) is 6.39. The maximum Gasteiger partial charge on any atom is 0.239 e. The molecule has 1 heterocycles. The molecule has 1 rings (SSSR count). The second-order valence-corrected chi connectivity index (χ2v) is 5.13. The molecule has 0 spiro atoms. The number of carbonyl (C=O) groups excluding carboxylic acids is 1. The van der Waals surface area contributed by atoms with Crippen LogP contribution in [0, 0.1) is 12.8 Å². The maximum absolute atomic E-state index is 11.8. The van der Waals surface area contributed by atoms with E-state index in [9.17, 15) is 4.79 Å². The lowest BCUT2D eigenvalue weighted by Gasteiger charge is -2.17. The van der Waals surface area contributed by atoms with Crippen molar-refractivity contribution in [1.29, 1.82) is 0 Å². The van der Waals surface area contributed by atoms with Gasteiger partial charge in [0.1, 0.15) is 5.82 Å². The van der Waals surface area contributed by atoms with Crippen molar-refractivity contribution in [2.24, 2.45) is 5.92 Å². The van der Waals surface area contributed by atoms with Crippen molar-refractivity contribution in [3.8, 4) is 0 Å². The molecule has 1 N–H and O–H groups in total. The molecule has 0 atom stereocenters. The number of amides is 1. The van der Waals surface area contributed by atoms with Crippen LogP contribution in [-0.2, 0) is 4.79 Å². The van der Waals surface area contributed by atoms with E-state index in [1.165, 1.54) is 0 Å². The molecule has 0 aliphatic carbocycles. The van der Waals surface area contributed by atoms with E-state index < -0.39 is 0 Å². The molecule has 100 valence electrons. The fraction of sp³-hybridized carbons (Fsp3) is 0.571. The highest BCUT2D eigenvalue weighted by Gasteiger charge is 2.08. The Labute approximate surface area is 109 Å². The zero-order chi connectivity index (χ0) is 13.5. The summed E-state index contributed by atoms with van der Waals surface area (Å²) in [5.74, 6) is 1.27. The second kappa shape index (κ2) is 7.11. The summed E-state index contributed by atoms with van der Waals surface area (Å²) in [6.07, 6.45) is 1.10. The summed E-state index contributed by atoms with van der Waals surface area (Å²) in [4.78, 5) is 18.1. The van der Waals surface area contributed by atoms with Gasteiger partial charge in [-0.2, -0.15) is 0 Å². The molecule has 0 saturated carbocycles. The predicted octanol–water partition coefficient (Wildman–Crippen LogP) is 2.31. The van der Waals surface area contributed by atoms with Crippen LogP contribution in [0.15, 0.2) is 18.2 Å². The highest BCUT2D eigenvalue weighted by atomic mass is 16.2. The van der Waals surface area contributed by atoms with E-state index in [2.05, 4.69) is 24.1 Å². The van der Waals surface area contributed by atoms with Crippen molar-refractivity contribution in [2.75, 3.05) is 25.5 Å². The molecule has 1 aromatic rings. The van der Waals surface area contributed by atoms with Crippen molar-refractivity contribution in [3.63, 3.8) is 0 Å². The minimum Gasteiger partial charge on any atom is -0.310 e. The molecule has 4 nitrogen and oxygen atoms in total. The molecule has 18 heavy (non-hydrogen) atoms. The zero-order valence-electron chi connectivity index (χ0n) is 11.7. The van der Waals surface area contributed by atoms with Crippen LogP contribution in [0.1, 0.15) is 26.0 Å². The lowest BCUT2D eigenvalue weighted by molar-refractivity contribution is -0.117. The summed E-state index contributed by atoms with van der Waals surface area (Å²) in [6, 6.07) is 5.60. The Morgan fingerprint density at radius 1 is 1.44 bits per heavy atom. The number of likely N-dealkylation sites (N-methyl/N-ethyl adjacent to an activating group) is 1. The fourth-order valence-corrected chi connectivity index (χ4v) is 1.60. The lowest BCUT2D eigenvalue weighted by atomic mass is 10.1. The quantitative estimate of drug-likeness (QED) is 0.841. The molecular weight excluding hydrogens is 226 g/mol. The third-order valence-electron chi connectivity index (χ3n) is 2.66. The van der Waals surface area contributed by atoms with E-state index in [-0.39, 0.29) is 5.91 Å². The third-order valence-corrected chi connectivity index (χ3v) is 2.66. The summed E-state index contributed by atoms with van der Waals surface area (Å²) in [5, 5.41) is 2.81. The van der Waals surface area contributed by atoms with E-state index in [0.717, 1.165) is 18.7 Å². The Bertz CT molecular complexity index is 390. The standard InChI is InChI=1S/C14H23N3O/c1-11(2)8-9-17(4)10-14(18)16-13-7-5-6-12(3)15-13/h5-7,11H,8-10H2,1-4H3,(H,15,16,18). The van der Waals surface area contributed by atoms with Crippen molar-refractivity contribution in [2.45, 2.75) is 27.2 Å². The largest absolute Gasteiger partial charge is 0.310 e. The van der Waals surface area contributed by atoms with Gasteiger partial charge < -0.3 is 5.32 Å². The SMILES string of the molecule is Cc1cccc(NC(=O)CN(C)CCC(C)C)n1. The second-order valence-electron chi connectivity index (χ2n) is 5.13. The number of hydrogen-bond acceptors (Lipinski definition) is 3. The van der Waals surface area contributed by atoms with Crippen molar-refractivity contribution in [3.05, 3.63) is 23.9 Å². The number of rotatable bonds is 6. The molecule has 0 aliphatic heterocycles. The van der Waals surface area contributed by atoms with Crippen LogP contribution in [0.25, 0.3) is 0 Å². The van der Waals surface area contributed by atoms with Crippen LogP contribution in [-0.4, -0.2) is 35.9 Å². The van der Waals surface area contributed by atoms with Crippen molar-refractivity contribution in [1.82, 2.24) is 9.88 Å². The summed E-state index contributed by atoms with van der Waals surface area (Å²) in [7, 11) is 1.96. The average Bonchev–Trinajstić information content (AvgIpc) is 2.26. The Kier molecular flexibility index (Phi) is 5.78. The highest BCUT2D eigenvalue weighted by molar-refractivity contribution is 5.91. The number of aromatic nitrogens is 1. The molecule has 0 fully saturated rings. The number of nitrogens with one attached hydrogen (secondary N) is 1. The van der Waals surface area contributed by atoms with Gasteiger partial charge in [0.2, 0.25) is 5.91 Å². The van der Waals surface area contributed by atoms with Gasteiger partial charge in [-0.15, -0.1) is 0 Å². The van der Waals surface area contributed by atoms with Gasteiger partial charge >= 0.3 is 0 Å². The Morgan fingerprint density at radius 3 is 2.78 bits per heavy atom. The normalized spacial score (nSPS) is 11.0. The number of carbonyl (C=O) groups is 1. The molecular formula is C14H23N3O. The zero-order valence-corrected chi connectivity index (χ0v) is 11.7. The van der Waals surface area contributed by atoms with Gasteiger partial charge in [-0.3, -0.25) is 9.69 Å². The number of nitrogens with zero attached hydrogens (tertiary/aromatic N) is 2. The molecule has 0 aromatic carbocycles. The fourth-order valence-electron chi connectivity index (χ4n) is 1.60. The summed E-state index contributed by atoms with van der Waals surface area (Å²) in [6.45, 7) is 7.62. The van der Waals surface area contributed by atoms with Gasteiger partial charge in [0.15, 0.2) is 0 Å². The van der Waals surface area contributed by atoms with Crippen LogP contribution >= 0.6 is 0 Å². The molecule has 1 aromatic heterocycles. The highest BCUT2D eigenvalue weighted by Crippen LogP contribution is 2.04. The number of aryl methyl sites for hydroxylation is 1. The molecule has 0 saturated heterocycles. The Morgan fingerprint density at radius 2 is 2.17 bits per heavy atom. The lowest BCUT2D eigenvalue weighted by Crippen LogP contribution is -2.31. The molecule has 0 unspecified atom stereocenters. The number of pyridine rings is 1. The minimum atomic E-state index is -0.0145. The number of hydrogen-bond donors (Lipinski definition) is 1. The molecule has 0 radical (unpaired) electrons. The first-order valence-corrected chi connectivity index (χ1v) is 6.39. The third kappa shape index (κ3) is 5.77. The monoisotopic (exact) mass is 249 g/mol. The topological polar surface area (TPSA) is 45.2 Å². The molecule has 0 aliphatic rings. The van der Waals surface area contributed by atoms with Gasteiger partial charge in [0, 0.05) is 5.69 Å². The summed E-state index contributed by atoms with van der Waals surface area (Å²) < 4.78 is 0. The smallest absolute Gasteiger partial charge is 0.239 e. The first-order chi connectivity index (χ1) is 8.47. The average molecular weight is 249 g/mol. The van der Waals surface area contributed by atoms with Gasteiger partial charge in [-0.05, 0) is 45.0 Å². The van der Waals surface area contributed by atoms with Crippen molar-refractivity contribution >= 4 is 11.7 Å². The van der Waals surface area contributed by atoms with E-state index in [1.54, 1.807) is 6.07 Å². The van der Waals surface area contributed by atoms with Gasteiger partial charge in [0.05, 0.1) is 6.54 Å². The van der Waals surface area contributed by atoms with Crippen LogP contribution in [0.3, 0.4) is 0 Å². The Balaban J connectivity index is 2.37. The summed E-state index contributed by atoms with van der Waals surface area (Å²) in [5.41, 5.74) is 0.904. The minimum absolute atomic E-state index is 0.0145. The van der Waals surface area contributed by atoms with Gasteiger partial charge in [-0.1, -0.05) is 19.9 Å². The predicted molar refractivity (Wildman–Crippen MR) is 74.6 cm³/mol. The van der Waals surface area contributed by atoms with Gasteiger partial charge in [0.25, 0.3) is 0 Å². The van der Waals surface area contributed by atoms with E-state index in [0.29, 0.717) is 18.3 Å². The number of anilines is 1. The maximum atomic E-state index is 11.8. The Hall–Kier alpha value is -1.42. The van der Waals surface area contributed by atoms with Gasteiger partial charge in [-0.25, -0.2) is 4.98 Å². The molecule has 1 amide bonds. The molecule has 0 bridgehead atoms. The van der Waals surface area contributed by atoms with E-state index >= 15 is 0 Å². The summed E-state index contributed by atoms with van der Waals surface area (Å²) >= 11 is 0. The van der Waals surface area contributed by atoms with E-state index in [1.807, 2.05) is 31.0 Å².